The highest BCUT2D eigenvalue weighted by Crippen LogP contribution is 2.46. The smallest absolute Gasteiger partial charge is 0.159 e. The Hall–Kier alpha value is -7.04. The van der Waals surface area contributed by atoms with E-state index >= 15 is 0 Å². The van der Waals surface area contributed by atoms with Gasteiger partial charge in [-0.2, -0.15) is 0 Å². The van der Waals surface area contributed by atoms with Gasteiger partial charge in [0.1, 0.15) is 16.7 Å². The van der Waals surface area contributed by atoms with Gasteiger partial charge in [-0.3, -0.25) is 0 Å². The predicted octanol–water partition coefficient (Wildman–Crippen LogP) is 13.3. The van der Waals surface area contributed by atoms with Gasteiger partial charge in [0.25, 0.3) is 0 Å². The summed E-state index contributed by atoms with van der Waals surface area (Å²) < 4.78 is 18.0. The summed E-state index contributed by atoms with van der Waals surface area (Å²) in [5.41, 5.74) is 12.6. The van der Waals surface area contributed by atoms with Crippen LogP contribution in [0.2, 0.25) is 0 Å². The van der Waals surface area contributed by atoms with E-state index in [-0.39, 0.29) is 0 Å². The van der Waals surface area contributed by atoms with Crippen LogP contribution in [0, 0.1) is 0 Å². The molecule has 0 unspecified atom stereocenters. The SMILES string of the molecule is c1ccc(-n2c3ccccc3c3c4c5ccccc5n(-c5cccc6c5oc5cccc(-c7cccc8oc9ccccc9c78)c56)c4ccc32)cc1. The van der Waals surface area contributed by atoms with E-state index in [0.717, 1.165) is 77.4 Å². The number of fused-ring (bicyclic) bond motifs is 13. The number of nitrogens with zero attached hydrogens (tertiary/aromatic N) is 2. The maximum atomic E-state index is 6.92. The Morgan fingerprint density at radius 3 is 1.56 bits per heavy atom. The first-order valence-electron chi connectivity index (χ1n) is 17.7. The van der Waals surface area contributed by atoms with Crippen LogP contribution in [-0.4, -0.2) is 9.13 Å². The first-order chi connectivity index (χ1) is 25.8. The minimum Gasteiger partial charge on any atom is -0.456 e. The van der Waals surface area contributed by atoms with E-state index in [0.29, 0.717) is 0 Å². The molecule has 0 aliphatic heterocycles. The molecule has 4 heterocycles. The Morgan fingerprint density at radius 1 is 0.308 bits per heavy atom. The van der Waals surface area contributed by atoms with Crippen LogP contribution in [0.3, 0.4) is 0 Å². The van der Waals surface area contributed by atoms with Gasteiger partial charge in [0, 0.05) is 48.8 Å². The fraction of sp³-hybridized carbons (Fsp3) is 0. The van der Waals surface area contributed by atoms with Crippen LogP contribution >= 0.6 is 0 Å². The van der Waals surface area contributed by atoms with Crippen LogP contribution in [-0.2, 0) is 0 Å². The van der Waals surface area contributed by atoms with Crippen molar-refractivity contribution >= 4 is 87.5 Å². The lowest BCUT2D eigenvalue weighted by molar-refractivity contribution is 0.666. The molecule has 8 aromatic carbocycles. The molecule has 0 saturated carbocycles. The van der Waals surface area contributed by atoms with Gasteiger partial charge < -0.3 is 18.0 Å². The zero-order valence-corrected chi connectivity index (χ0v) is 27.9. The highest BCUT2D eigenvalue weighted by atomic mass is 16.3. The fourth-order valence-electron chi connectivity index (χ4n) is 8.87. The quantitative estimate of drug-likeness (QED) is 0.188. The molecular formula is C48H28N2O2. The van der Waals surface area contributed by atoms with Crippen LogP contribution < -0.4 is 0 Å². The molecule has 0 amide bonds. The third kappa shape index (κ3) is 3.60. The average molecular weight is 665 g/mol. The largest absolute Gasteiger partial charge is 0.456 e. The van der Waals surface area contributed by atoms with Crippen LogP contribution in [0.1, 0.15) is 0 Å². The first-order valence-corrected chi connectivity index (χ1v) is 17.7. The Labute approximate surface area is 296 Å². The number of hydrogen-bond acceptors (Lipinski definition) is 2. The van der Waals surface area contributed by atoms with Crippen molar-refractivity contribution in [2.24, 2.45) is 0 Å². The third-order valence-corrected chi connectivity index (χ3v) is 10.9. The van der Waals surface area contributed by atoms with E-state index in [4.69, 9.17) is 8.83 Å². The minimum absolute atomic E-state index is 0.860. The van der Waals surface area contributed by atoms with E-state index in [9.17, 15) is 0 Å². The van der Waals surface area contributed by atoms with Gasteiger partial charge in [-0.1, -0.05) is 109 Å². The Bertz CT molecular complexity index is 3410. The van der Waals surface area contributed by atoms with E-state index in [1.54, 1.807) is 0 Å². The van der Waals surface area contributed by atoms with Gasteiger partial charge in [-0.05, 0) is 71.8 Å². The molecule has 0 spiro atoms. The van der Waals surface area contributed by atoms with E-state index in [1.807, 2.05) is 12.1 Å². The lowest BCUT2D eigenvalue weighted by atomic mass is 9.95. The molecule has 0 aliphatic rings. The van der Waals surface area contributed by atoms with E-state index in [2.05, 4.69) is 167 Å². The highest BCUT2D eigenvalue weighted by molar-refractivity contribution is 6.29. The monoisotopic (exact) mass is 664 g/mol. The molecule has 0 saturated heterocycles. The summed E-state index contributed by atoms with van der Waals surface area (Å²) in [4.78, 5) is 0. The molecule has 0 fully saturated rings. The molecule has 0 aliphatic carbocycles. The summed E-state index contributed by atoms with van der Waals surface area (Å²) >= 11 is 0. The van der Waals surface area contributed by atoms with Crippen molar-refractivity contribution in [3.8, 4) is 22.5 Å². The average Bonchev–Trinajstić information content (AvgIpc) is 3.95. The topological polar surface area (TPSA) is 36.1 Å². The predicted molar refractivity (Wildman–Crippen MR) is 215 cm³/mol. The summed E-state index contributed by atoms with van der Waals surface area (Å²) in [6, 6.07) is 60.3. The Kier molecular flexibility index (Phi) is 5.47. The second-order valence-electron chi connectivity index (χ2n) is 13.6. The normalized spacial score (nSPS) is 12.2. The Balaban J connectivity index is 1.18. The van der Waals surface area contributed by atoms with Crippen LogP contribution in [0.25, 0.3) is 110 Å². The second-order valence-corrected chi connectivity index (χ2v) is 13.6. The molecule has 4 heteroatoms. The molecule has 0 radical (unpaired) electrons. The number of rotatable bonds is 3. The van der Waals surface area contributed by atoms with Crippen molar-refractivity contribution in [2.45, 2.75) is 0 Å². The molecule has 52 heavy (non-hydrogen) atoms. The van der Waals surface area contributed by atoms with Crippen molar-refractivity contribution in [2.75, 3.05) is 0 Å². The van der Waals surface area contributed by atoms with Crippen molar-refractivity contribution in [1.29, 1.82) is 0 Å². The van der Waals surface area contributed by atoms with Gasteiger partial charge in [0.2, 0.25) is 0 Å². The van der Waals surface area contributed by atoms with E-state index in [1.165, 1.54) is 32.6 Å². The minimum atomic E-state index is 0.860. The summed E-state index contributed by atoms with van der Waals surface area (Å²) in [5.74, 6) is 0. The Morgan fingerprint density at radius 2 is 0.827 bits per heavy atom. The molecule has 242 valence electrons. The van der Waals surface area contributed by atoms with Crippen LogP contribution in [0.15, 0.2) is 179 Å². The number of furan rings is 2. The molecule has 0 atom stereocenters. The molecule has 0 bridgehead atoms. The standard InChI is InChI=1S/C48H28N2O2/c1-2-13-29(14-3-1)49-36-21-7-4-15-32(36)46-38(49)27-28-39-47(46)33-16-5-8-22-37(33)50(39)40-23-10-20-35-45-31(19-12-26-43(45)52-48(35)40)30-18-11-25-42-44(30)34-17-6-9-24-41(34)51-42/h1-28H. The van der Waals surface area contributed by atoms with Crippen molar-refractivity contribution in [1.82, 2.24) is 9.13 Å². The molecule has 0 N–H and O–H groups in total. The number of para-hydroxylation sites is 5. The molecular weight excluding hydrogens is 637 g/mol. The lowest BCUT2D eigenvalue weighted by Crippen LogP contribution is -1.95. The van der Waals surface area contributed by atoms with Gasteiger partial charge >= 0.3 is 0 Å². The van der Waals surface area contributed by atoms with Crippen LogP contribution in [0.5, 0.6) is 0 Å². The number of aromatic nitrogens is 2. The summed E-state index contributed by atoms with van der Waals surface area (Å²) in [6.07, 6.45) is 0. The third-order valence-electron chi connectivity index (χ3n) is 10.9. The number of hydrogen-bond donors (Lipinski definition) is 0. The zero-order chi connectivity index (χ0) is 33.9. The molecule has 12 aromatic rings. The molecule has 12 rings (SSSR count). The van der Waals surface area contributed by atoms with E-state index < -0.39 is 0 Å². The van der Waals surface area contributed by atoms with Crippen molar-refractivity contribution in [3.63, 3.8) is 0 Å². The van der Waals surface area contributed by atoms with Crippen molar-refractivity contribution in [3.05, 3.63) is 170 Å². The van der Waals surface area contributed by atoms with Crippen molar-refractivity contribution < 1.29 is 8.83 Å². The second kappa shape index (κ2) is 10.3. The van der Waals surface area contributed by atoms with Gasteiger partial charge in [0.05, 0.1) is 27.8 Å². The fourth-order valence-corrected chi connectivity index (χ4v) is 8.87. The van der Waals surface area contributed by atoms with Crippen LogP contribution in [0.4, 0.5) is 0 Å². The lowest BCUT2D eigenvalue weighted by Gasteiger charge is -2.10. The number of benzene rings is 8. The zero-order valence-electron chi connectivity index (χ0n) is 27.9. The first kappa shape index (κ1) is 27.7. The molecule has 4 aromatic heterocycles. The summed E-state index contributed by atoms with van der Waals surface area (Å²) in [7, 11) is 0. The highest BCUT2D eigenvalue weighted by Gasteiger charge is 2.23. The summed E-state index contributed by atoms with van der Waals surface area (Å²) in [6.45, 7) is 0. The van der Waals surface area contributed by atoms with Gasteiger partial charge in [-0.25, -0.2) is 0 Å². The van der Waals surface area contributed by atoms with Gasteiger partial charge in [-0.15, -0.1) is 0 Å². The summed E-state index contributed by atoms with van der Waals surface area (Å²) in [5, 5.41) is 9.37. The molecule has 4 nitrogen and oxygen atoms in total. The van der Waals surface area contributed by atoms with Gasteiger partial charge in [0.15, 0.2) is 5.58 Å². The maximum Gasteiger partial charge on any atom is 0.159 e. The maximum absolute atomic E-state index is 6.92.